The van der Waals surface area contributed by atoms with Crippen molar-refractivity contribution in [1.29, 1.82) is 0 Å². The van der Waals surface area contributed by atoms with Crippen LogP contribution in [0.25, 0.3) is 0 Å². The lowest BCUT2D eigenvalue weighted by atomic mass is 10.2. The Morgan fingerprint density at radius 2 is 1.63 bits per heavy atom. The fraction of sp³-hybridized carbons (Fsp3) is 0.118. The summed E-state index contributed by atoms with van der Waals surface area (Å²) in [4.78, 5) is 4.47. The fourth-order valence-corrected chi connectivity index (χ4v) is 1.54. The summed E-state index contributed by atoms with van der Waals surface area (Å²) in [5.41, 5.74) is 2.85. The lowest BCUT2D eigenvalue weighted by Gasteiger charge is -2.09. The van der Waals surface area contributed by atoms with Crippen molar-refractivity contribution in [2.75, 3.05) is 0 Å². The normalized spacial score (nSPS) is 11.2. The molecule has 0 aliphatic carbocycles. The Morgan fingerprint density at radius 1 is 1.00 bits per heavy atom. The van der Waals surface area contributed by atoms with E-state index in [9.17, 15) is 0 Å². The van der Waals surface area contributed by atoms with Crippen LogP contribution < -0.4 is 4.74 Å². The van der Waals surface area contributed by atoms with Crippen LogP contribution in [0.5, 0.6) is 5.75 Å². The third-order valence-corrected chi connectivity index (χ3v) is 2.59. The summed E-state index contributed by atoms with van der Waals surface area (Å²) in [6.07, 6.45) is 0. The van der Waals surface area contributed by atoms with Crippen molar-refractivity contribution >= 4 is 11.6 Å². The minimum Gasteiger partial charge on any atom is -0.439 e. The summed E-state index contributed by atoms with van der Waals surface area (Å²) in [7, 11) is 0. The molecule has 0 heterocycles. The Hall–Kier alpha value is -2.35. The molecule has 2 heteroatoms. The maximum Gasteiger partial charge on any atom is 0.222 e. The molecule has 2 nitrogen and oxygen atoms in total. The molecule has 0 atom stereocenters. The molecule has 0 spiro atoms. The predicted octanol–water partition coefficient (Wildman–Crippen LogP) is 4.68. The van der Waals surface area contributed by atoms with Gasteiger partial charge in [0.05, 0.1) is 5.69 Å². The number of hydrogen-bond donors (Lipinski definition) is 0. The van der Waals surface area contributed by atoms with Gasteiger partial charge in [0.25, 0.3) is 0 Å². The molecule has 19 heavy (non-hydrogen) atoms. The van der Waals surface area contributed by atoms with Gasteiger partial charge in [-0.3, -0.25) is 0 Å². The average molecular weight is 251 g/mol. The van der Waals surface area contributed by atoms with Gasteiger partial charge in [-0.1, -0.05) is 42.5 Å². The molecule has 0 fully saturated rings. The van der Waals surface area contributed by atoms with E-state index >= 15 is 0 Å². The topological polar surface area (TPSA) is 21.6 Å². The highest BCUT2D eigenvalue weighted by atomic mass is 16.5. The molecule has 0 aliphatic rings. The molecule has 0 aliphatic heterocycles. The van der Waals surface area contributed by atoms with E-state index in [0.29, 0.717) is 5.90 Å². The maximum atomic E-state index is 5.79. The van der Waals surface area contributed by atoms with Gasteiger partial charge >= 0.3 is 0 Å². The summed E-state index contributed by atoms with van der Waals surface area (Å²) in [5.74, 6) is 1.30. The van der Waals surface area contributed by atoms with Gasteiger partial charge < -0.3 is 4.74 Å². The predicted molar refractivity (Wildman–Crippen MR) is 80.2 cm³/mol. The zero-order chi connectivity index (χ0) is 13.7. The number of benzene rings is 2. The SMILES string of the molecule is C=C(C)C(=Nc1ccccc1)Oc1ccc(C)cc1. The van der Waals surface area contributed by atoms with E-state index in [1.165, 1.54) is 5.56 Å². The Kier molecular flexibility index (Phi) is 4.14. The van der Waals surface area contributed by atoms with Gasteiger partial charge in [0.1, 0.15) is 5.75 Å². The van der Waals surface area contributed by atoms with Crippen LogP contribution in [0.2, 0.25) is 0 Å². The molecule has 0 saturated carbocycles. The van der Waals surface area contributed by atoms with Gasteiger partial charge in [-0.25, -0.2) is 4.99 Å². The largest absolute Gasteiger partial charge is 0.439 e. The van der Waals surface area contributed by atoms with Crippen LogP contribution in [0.3, 0.4) is 0 Å². The summed E-state index contributed by atoms with van der Waals surface area (Å²) < 4.78 is 5.79. The number of ether oxygens (including phenoxy) is 1. The van der Waals surface area contributed by atoms with Crippen LogP contribution in [-0.4, -0.2) is 5.90 Å². The highest BCUT2D eigenvalue weighted by molar-refractivity contribution is 5.95. The van der Waals surface area contributed by atoms with E-state index in [4.69, 9.17) is 4.74 Å². The quantitative estimate of drug-likeness (QED) is 0.573. The number of hydrogen-bond acceptors (Lipinski definition) is 2. The van der Waals surface area contributed by atoms with Gasteiger partial charge in [-0.05, 0) is 38.1 Å². The smallest absolute Gasteiger partial charge is 0.222 e. The first-order chi connectivity index (χ1) is 9.15. The minimum atomic E-state index is 0.537. The zero-order valence-corrected chi connectivity index (χ0v) is 11.3. The first-order valence-electron chi connectivity index (χ1n) is 6.19. The van der Waals surface area contributed by atoms with Gasteiger partial charge in [0, 0.05) is 5.57 Å². The van der Waals surface area contributed by atoms with E-state index < -0.39 is 0 Å². The molecule has 96 valence electrons. The Bertz CT molecular complexity index is 582. The van der Waals surface area contributed by atoms with Gasteiger partial charge in [-0.15, -0.1) is 0 Å². The van der Waals surface area contributed by atoms with Crippen LogP contribution in [-0.2, 0) is 0 Å². The highest BCUT2D eigenvalue weighted by Gasteiger charge is 2.04. The maximum absolute atomic E-state index is 5.79. The summed E-state index contributed by atoms with van der Waals surface area (Å²) in [5, 5.41) is 0. The second kappa shape index (κ2) is 6.01. The van der Waals surface area contributed by atoms with E-state index in [0.717, 1.165) is 17.0 Å². The summed E-state index contributed by atoms with van der Waals surface area (Å²) in [6, 6.07) is 17.6. The molecule has 0 amide bonds. The molecule has 2 aromatic rings. The lowest BCUT2D eigenvalue weighted by molar-refractivity contribution is 0.551. The number of aryl methyl sites for hydroxylation is 1. The van der Waals surface area contributed by atoms with Crippen molar-refractivity contribution in [3.05, 3.63) is 72.3 Å². The van der Waals surface area contributed by atoms with Gasteiger partial charge in [-0.2, -0.15) is 0 Å². The molecule has 2 aromatic carbocycles. The number of para-hydroxylation sites is 1. The minimum absolute atomic E-state index is 0.537. The molecule has 0 aromatic heterocycles. The van der Waals surface area contributed by atoms with E-state index in [1.54, 1.807) is 0 Å². The van der Waals surface area contributed by atoms with Crippen LogP contribution >= 0.6 is 0 Å². The van der Waals surface area contributed by atoms with Gasteiger partial charge in [0.15, 0.2) is 0 Å². The molecule has 0 unspecified atom stereocenters. The Balaban J connectivity index is 2.24. The van der Waals surface area contributed by atoms with Crippen molar-refractivity contribution in [1.82, 2.24) is 0 Å². The summed E-state index contributed by atoms with van der Waals surface area (Å²) >= 11 is 0. The van der Waals surface area contributed by atoms with Gasteiger partial charge in [0.2, 0.25) is 5.90 Å². The van der Waals surface area contributed by atoms with Crippen LogP contribution in [0.15, 0.2) is 71.7 Å². The fourth-order valence-electron chi connectivity index (χ4n) is 1.54. The van der Waals surface area contributed by atoms with Crippen LogP contribution in [0, 0.1) is 6.92 Å². The van der Waals surface area contributed by atoms with Crippen molar-refractivity contribution < 1.29 is 4.74 Å². The van der Waals surface area contributed by atoms with Crippen molar-refractivity contribution in [2.24, 2.45) is 4.99 Å². The second-order valence-electron chi connectivity index (χ2n) is 4.45. The number of aliphatic imine (C=N–C) groups is 1. The molecule has 0 radical (unpaired) electrons. The first-order valence-corrected chi connectivity index (χ1v) is 6.19. The Morgan fingerprint density at radius 3 is 2.21 bits per heavy atom. The average Bonchev–Trinajstić information content (AvgIpc) is 2.41. The van der Waals surface area contributed by atoms with E-state index in [2.05, 4.69) is 11.6 Å². The number of rotatable bonds is 3. The van der Waals surface area contributed by atoms with Crippen LogP contribution in [0.1, 0.15) is 12.5 Å². The standard InChI is InChI=1S/C17H17NO/c1-13(2)17(18-15-7-5-4-6-8-15)19-16-11-9-14(3)10-12-16/h4-12H,1H2,2-3H3. The first kappa shape index (κ1) is 13.1. The highest BCUT2D eigenvalue weighted by Crippen LogP contribution is 2.17. The summed E-state index contributed by atoms with van der Waals surface area (Å²) in [6.45, 7) is 7.84. The third-order valence-electron chi connectivity index (χ3n) is 2.59. The van der Waals surface area contributed by atoms with E-state index in [-0.39, 0.29) is 0 Å². The Labute approximate surface area is 114 Å². The molecular formula is C17H17NO. The third kappa shape index (κ3) is 3.81. The van der Waals surface area contributed by atoms with Crippen molar-refractivity contribution in [2.45, 2.75) is 13.8 Å². The molecular weight excluding hydrogens is 234 g/mol. The molecule has 0 N–H and O–H groups in total. The second-order valence-corrected chi connectivity index (χ2v) is 4.45. The van der Waals surface area contributed by atoms with Crippen LogP contribution in [0.4, 0.5) is 5.69 Å². The number of nitrogens with zero attached hydrogens (tertiary/aromatic N) is 1. The van der Waals surface area contributed by atoms with E-state index in [1.807, 2.05) is 68.4 Å². The zero-order valence-electron chi connectivity index (χ0n) is 11.3. The van der Waals surface area contributed by atoms with Crippen molar-refractivity contribution in [3.63, 3.8) is 0 Å². The van der Waals surface area contributed by atoms with Crippen molar-refractivity contribution in [3.8, 4) is 5.75 Å². The molecule has 0 bridgehead atoms. The monoisotopic (exact) mass is 251 g/mol. The molecule has 0 saturated heterocycles. The molecule has 2 rings (SSSR count). The lowest BCUT2D eigenvalue weighted by Crippen LogP contribution is -2.08.